The maximum absolute atomic E-state index is 12.1. The number of aromatic nitrogens is 2. The molecule has 2 amide bonds. The predicted octanol–water partition coefficient (Wildman–Crippen LogP) is 1.53. The fourth-order valence-electron chi connectivity index (χ4n) is 3.13. The Morgan fingerprint density at radius 3 is 3.08 bits per heavy atom. The highest BCUT2D eigenvalue weighted by atomic mass is 16.6. The van der Waals surface area contributed by atoms with Crippen molar-refractivity contribution in [2.75, 3.05) is 18.0 Å². The van der Waals surface area contributed by atoms with Gasteiger partial charge in [-0.05, 0) is 19.1 Å². The van der Waals surface area contributed by atoms with Gasteiger partial charge < -0.3 is 14.8 Å². The number of hydrogen-bond acceptors (Lipinski definition) is 5. The molecule has 2 aromatic rings. The second-order valence-electron chi connectivity index (χ2n) is 6.15. The van der Waals surface area contributed by atoms with Crippen molar-refractivity contribution in [3.8, 4) is 11.4 Å². The van der Waals surface area contributed by atoms with Gasteiger partial charge in [0.1, 0.15) is 18.5 Å². The molecule has 4 rings (SSSR count). The van der Waals surface area contributed by atoms with E-state index in [1.807, 2.05) is 35.9 Å². The smallest absolute Gasteiger partial charge is 0.414 e. The lowest BCUT2D eigenvalue weighted by atomic mass is 10.2. The number of carbonyl (C=O) groups excluding carboxylic acids is 2. The largest absolute Gasteiger partial charge is 0.483 e. The van der Waals surface area contributed by atoms with Crippen molar-refractivity contribution < 1.29 is 19.1 Å². The Balaban J connectivity index is 1.58. The first-order valence-corrected chi connectivity index (χ1v) is 8.06. The molecule has 130 valence electrons. The molecular formula is C17H18N4O4. The maximum Gasteiger partial charge on any atom is 0.414 e. The van der Waals surface area contributed by atoms with Crippen molar-refractivity contribution in [3.63, 3.8) is 0 Å². The predicted molar refractivity (Wildman–Crippen MR) is 88.9 cm³/mol. The summed E-state index contributed by atoms with van der Waals surface area (Å²) in [6, 6.07) is 5.61. The molecule has 3 heterocycles. The molecule has 1 saturated heterocycles. The quantitative estimate of drug-likeness (QED) is 0.914. The average Bonchev–Trinajstić information content (AvgIpc) is 3.15. The van der Waals surface area contributed by atoms with Gasteiger partial charge in [0.15, 0.2) is 5.82 Å². The molecule has 1 fully saturated rings. The minimum Gasteiger partial charge on any atom is -0.483 e. The first-order valence-electron chi connectivity index (χ1n) is 8.06. The Hall–Kier alpha value is -3.03. The number of nitrogens with one attached hydrogen (secondary N) is 1. The molecule has 2 aliphatic heterocycles. The third-order valence-corrected chi connectivity index (χ3v) is 4.32. The first kappa shape index (κ1) is 15.5. The number of anilines is 1. The van der Waals surface area contributed by atoms with Crippen LogP contribution in [0.15, 0.2) is 24.4 Å². The van der Waals surface area contributed by atoms with Gasteiger partial charge in [0, 0.05) is 24.9 Å². The number of nitrogens with zero attached hydrogens (tertiary/aromatic N) is 3. The van der Waals surface area contributed by atoms with Gasteiger partial charge in [0.05, 0.1) is 24.5 Å². The van der Waals surface area contributed by atoms with Gasteiger partial charge in [-0.2, -0.15) is 0 Å². The zero-order chi connectivity index (χ0) is 17.6. The highest BCUT2D eigenvalue weighted by Crippen LogP contribution is 2.35. The summed E-state index contributed by atoms with van der Waals surface area (Å²) in [6.45, 7) is 4.50. The monoisotopic (exact) mass is 342 g/mol. The van der Waals surface area contributed by atoms with Crippen LogP contribution in [0.4, 0.5) is 10.5 Å². The number of cyclic esters (lactones) is 1. The van der Waals surface area contributed by atoms with E-state index in [4.69, 9.17) is 9.47 Å². The van der Waals surface area contributed by atoms with E-state index < -0.39 is 6.09 Å². The van der Waals surface area contributed by atoms with Crippen molar-refractivity contribution in [1.82, 2.24) is 14.9 Å². The molecule has 0 bridgehead atoms. The van der Waals surface area contributed by atoms with Gasteiger partial charge in [-0.15, -0.1) is 0 Å². The topological polar surface area (TPSA) is 85.7 Å². The molecule has 0 saturated carbocycles. The second-order valence-corrected chi connectivity index (χ2v) is 6.15. The van der Waals surface area contributed by atoms with E-state index in [9.17, 15) is 9.59 Å². The Labute approximate surface area is 144 Å². The van der Waals surface area contributed by atoms with Crippen LogP contribution in [0.5, 0.6) is 5.75 Å². The molecular weight excluding hydrogens is 324 g/mol. The molecule has 8 heteroatoms. The zero-order valence-corrected chi connectivity index (χ0v) is 14.0. The summed E-state index contributed by atoms with van der Waals surface area (Å²) in [7, 11) is 0. The molecule has 1 N–H and O–H groups in total. The Bertz CT molecular complexity index is 860. The van der Waals surface area contributed by atoms with E-state index in [0.29, 0.717) is 31.1 Å². The van der Waals surface area contributed by atoms with Crippen molar-refractivity contribution in [3.05, 3.63) is 35.9 Å². The number of rotatable bonds is 3. The number of benzene rings is 1. The number of carbonyl (C=O) groups is 2. The van der Waals surface area contributed by atoms with Gasteiger partial charge in [-0.3, -0.25) is 14.3 Å². The molecule has 0 radical (unpaired) electrons. The van der Waals surface area contributed by atoms with Crippen LogP contribution in [-0.4, -0.2) is 40.7 Å². The maximum atomic E-state index is 12.1. The standard InChI is InChI=1S/C17H18N4O4/c1-10-6-19-16-9-24-15-5-12(3-4-14(15)21(10)16)20-8-13(25-17(20)23)7-18-11(2)22/h3-6,13H,7-9H2,1-2H3,(H,18,22)/t13-/m0/s1. The van der Waals surface area contributed by atoms with E-state index in [2.05, 4.69) is 10.3 Å². The lowest BCUT2D eigenvalue weighted by molar-refractivity contribution is -0.119. The Morgan fingerprint density at radius 1 is 1.44 bits per heavy atom. The second kappa shape index (κ2) is 5.80. The van der Waals surface area contributed by atoms with Gasteiger partial charge in [0.25, 0.3) is 0 Å². The summed E-state index contributed by atoms with van der Waals surface area (Å²) in [5, 5.41) is 2.67. The Kier molecular flexibility index (Phi) is 3.60. The molecule has 0 unspecified atom stereocenters. The molecule has 1 aromatic heterocycles. The van der Waals surface area contributed by atoms with Crippen LogP contribution in [0.3, 0.4) is 0 Å². The number of amides is 2. The Morgan fingerprint density at radius 2 is 2.28 bits per heavy atom. The van der Waals surface area contributed by atoms with E-state index in [1.54, 1.807) is 4.90 Å². The fraction of sp³-hybridized carbons (Fsp3) is 0.353. The normalized spacial score (nSPS) is 18.2. The van der Waals surface area contributed by atoms with E-state index in [-0.39, 0.29) is 12.0 Å². The van der Waals surface area contributed by atoms with Crippen molar-refractivity contribution in [1.29, 1.82) is 0 Å². The molecule has 0 aliphatic carbocycles. The van der Waals surface area contributed by atoms with Gasteiger partial charge in [-0.1, -0.05) is 0 Å². The summed E-state index contributed by atoms with van der Waals surface area (Å²) >= 11 is 0. The highest BCUT2D eigenvalue weighted by Gasteiger charge is 2.33. The molecule has 1 aromatic carbocycles. The third-order valence-electron chi connectivity index (χ3n) is 4.32. The van der Waals surface area contributed by atoms with Crippen LogP contribution in [0.2, 0.25) is 0 Å². The lowest BCUT2D eigenvalue weighted by Gasteiger charge is -2.22. The third kappa shape index (κ3) is 2.69. The summed E-state index contributed by atoms with van der Waals surface area (Å²) in [4.78, 5) is 29.0. The van der Waals surface area contributed by atoms with E-state index in [1.165, 1.54) is 6.92 Å². The minimum atomic E-state index is -0.425. The minimum absolute atomic E-state index is 0.150. The molecule has 0 spiro atoms. The summed E-state index contributed by atoms with van der Waals surface area (Å²) in [5.74, 6) is 1.40. The molecule has 25 heavy (non-hydrogen) atoms. The van der Waals surface area contributed by atoms with Crippen LogP contribution in [0.25, 0.3) is 5.69 Å². The van der Waals surface area contributed by atoms with Crippen LogP contribution in [-0.2, 0) is 16.1 Å². The first-order chi connectivity index (χ1) is 12.0. The molecule has 2 aliphatic rings. The van der Waals surface area contributed by atoms with Crippen LogP contribution < -0.4 is 15.0 Å². The number of imidazole rings is 1. The van der Waals surface area contributed by atoms with Gasteiger partial charge >= 0.3 is 6.09 Å². The molecule has 1 atom stereocenters. The highest BCUT2D eigenvalue weighted by molar-refractivity contribution is 5.90. The number of ether oxygens (including phenoxy) is 2. The van der Waals surface area contributed by atoms with E-state index >= 15 is 0 Å². The number of aryl methyl sites for hydroxylation is 1. The van der Waals surface area contributed by atoms with Crippen molar-refractivity contribution in [2.24, 2.45) is 0 Å². The van der Waals surface area contributed by atoms with Crippen LogP contribution in [0, 0.1) is 6.92 Å². The van der Waals surface area contributed by atoms with Gasteiger partial charge in [-0.25, -0.2) is 9.78 Å². The van der Waals surface area contributed by atoms with Crippen molar-refractivity contribution in [2.45, 2.75) is 26.6 Å². The molecule has 8 nitrogen and oxygen atoms in total. The van der Waals surface area contributed by atoms with Crippen LogP contribution in [0.1, 0.15) is 18.4 Å². The average molecular weight is 342 g/mol. The fourth-order valence-corrected chi connectivity index (χ4v) is 3.13. The SMILES string of the molecule is CC(=O)NC[C@H]1CN(c2ccc3c(c2)OCc2ncc(C)n2-3)C(=O)O1. The van der Waals surface area contributed by atoms with Crippen molar-refractivity contribution >= 4 is 17.7 Å². The summed E-state index contributed by atoms with van der Waals surface area (Å²) in [5.41, 5.74) is 2.64. The lowest BCUT2D eigenvalue weighted by Crippen LogP contribution is -2.33. The number of fused-ring (bicyclic) bond motifs is 3. The number of hydrogen-bond donors (Lipinski definition) is 1. The van der Waals surface area contributed by atoms with E-state index in [0.717, 1.165) is 17.2 Å². The zero-order valence-electron chi connectivity index (χ0n) is 14.0. The summed E-state index contributed by atoms with van der Waals surface area (Å²) < 4.78 is 13.1. The summed E-state index contributed by atoms with van der Waals surface area (Å²) in [6.07, 6.45) is 1.02. The van der Waals surface area contributed by atoms with Crippen LogP contribution >= 0.6 is 0 Å². The van der Waals surface area contributed by atoms with Gasteiger partial charge in [0.2, 0.25) is 5.91 Å².